The monoisotopic (exact) mass is 452 g/mol. The summed E-state index contributed by atoms with van der Waals surface area (Å²) in [5, 5.41) is 0. The summed E-state index contributed by atoms with van der Waals surface area (Å²) < 4.78 is 1.14. The summed E-state index contributed by atoms with van der Waals surface area (Å²) in [5.74, 6) is 0. The average Bonchev–Trinajstić information content (AvgIpc) is 1.64. The lowest BCUT2D eigenvalue weighted by Gasteiger charge is -2.12. The summed E-state index contributed by atoms with van der Waals surface area (Å²) in [6.45, 7) is 0. The van der Waals surface area contributed by atoms with Crippen molar-refractivity contribution in [2.75, 3.05) is 0 Å². The molecule has 3 nitrogen and oxygen atoms in total. The molecule has 0 rings (SSSR count). The Morgan fingerprint density at radius 1 is 1.75 bits per heavy atom. The number of amides is 1. The molecule has 0 spiro atoms. The zero-order valence-electron chi connectivity index (χ0n) is 3.64. The first kappa shape index (κ1) is 9.62. The fraction of sp³-hybridized carbons (Fsp3) is 0.500. The molecular formula is C2H3I3N2O. The molecular weight excluding hydrogens is 449 g/mol. The van der Waals surface area contributed by atoms with E-state index in [1.54, 1.807) is 22.6 Å². The number of carbonyl (C=O) groups is 1. The molecule has 0 aromatic heterocycles. The second-order valence-electron chi connectivity index (χ2n) is 0.937. The van der Waals surface area contributed by atoms with Crippen LogP contribution in [0, 0.1) is 0 Å². The van der Waals surface area contributed by atoms with Gasteiger partial charge < -0.3 is 5.73 Å². The van der Waals surface area contributed by atoms with Crippen LogP contribution in [0.2, 0.25) is 0 Å². The Hall–Kier alpha value is 1.62. The van der Waals surface area contributed by atoms with E-state index < -0.39 is 0 Å². The molecule has 1 atom stereocenters. The Balaban J connectivity index is 3.64. The predicted octanol–water partition coefficient (Wildman–Crippen LogP) is 1.87. The molecule has 48 valence electrons. The van der Waals surface area contributed by atoms with E-state index in [4.69, 9.17) is 5.73 Å². The summed E-state index contributed by atoms with van der Waals surface area (Å²) >= 11 is 5.50. The average molecular weight is 452 g/mol. The zero-order valence-corrected chi connectivity index (χ0v) is 10.1. The molecule has 2 N–H and O–H groups in total. The van der Waals surface area contributed by atoms with Crippen LogP contribution in [0.1, 0.15) is 0 Å². The van der Waals surface area contributed by atoms with Gasteiger partial charge in [-0.15, -0.1) is 0 Å². The summed E-state index contributed by atoms with van der Waals surface area (Å²) in [6, 6.07) is 0. The van der Waals surface area contributed by atoms with Crippen molar-refractivity contribution in [2.45, 2.75) is 4.17 Å². The highest BCUT2D eigenvalue weighted by Gasteiger charge is 2.10. The van der Waals surface area contributed by atoms with Crippen LogP contribution in [0.4, 0.5) is 4.79 Å². The molecule has 0 radical (unpaired) electrons. The van der Waals surface area contributed by atoms with Crippen LogP contribution >= 0.6 is 68.0 Å². The lowest BCUT2D eigenvalue weighted by molar-refractivity contribution is 0.253. The van der Waals surface area contributed by atoms with Gasteiger partial charge in [-0.2, -0.15) is 0 Å². The molecule has 0 aromatic rings. The van der Waals surface area contributed by atoms with Crippen LogP contribution in [0.5, 0.6) is 0 Å². The molecule has 0 saturated carbocycles. The Labute approximate surface area is 88.5 Å². The fourth-order valence-electron chi connectivity index (χ4n) is 0.0970. The number of alkyl halides is 1. The van der Waals surface area contributed by atoms with E-state index in [1.807, 2.05) is 45.5 Å². The highest BCUT2D eigenvalue weighted by molar-refractivity contribution is 14.1. The largest absolute Gasteiger partial charge is 0.302 e. The molecule has 0 aliphatic heterocycles. The number of hydrogen-bond donors (Lipinski definition) is 1. The zero-order chi connectivity index (χ0) is 6.73. The van der Waals surface area contributed by atoms with Crippen LogP contribution in [0.3, 0.4) is 0 Å². The molecule has 8 heavy (non-hydrogen) atoms. The SMILES string of the molecule is NC(I)N(I)C(=O)I. The van der Waals surface area contributed by atoms with Gasteiger partial charge in [0.15, 0.2) is 0 Å². The van der Waals surface area contributed by atoms with Crippen molar-refractivity contribution in [1.29, 1.82) is 0 Å². The topological polar surface area (TPSA) is 46.3 Å². The summed E-state index contributed by atoms with van der Waals surface area (Å²) in [5.41, 5.74) is 5.32. The van der Waals surface area contributed by atoms with Gasteiger partial charge in [-0.25, -0.2) is 0 Å². The number of nitrogens with two attached hydrogens (primary N) is 1. The maximum Gasteiger partial charge on any atom is 0.293 e. The minimum absolute atomic E-state index is 0.0508. The first-order valence-electron chi connectivity index (χ1n) is 1.60. The van der Waals surface area contributed by atoms with E-state index in [1.165, 1.54) is 3.11 Å². The van der Waals surface area contributed by atoms with E-state index in [2.05, 4.69) is 0 Å². The highest BCUT2D eigenvalue weighted by atomic mass is 127. The fourth-order valence-corrected chi connectivity index (χ4v) is 1.18. The first-order chi connectivity index (χ1) is 3.55. The van der Waals surface area contributed by atoms with Crippen LogP contribution in [0.25, 0.3) is 0 Å². The highest BCUT2D eigenvalue weighted by Crippen LogP contribution is 2.12. The van der Waals surface area contributed by atoms with Gasteiger partial charge in [-0.1, -0.05) is 0 Å². The van der Waals surface area contributed by atoms with E-state index in [9.17, 15) is 4.79 Å². The van der Waals surface area contributed by atoms with Gasteiger partial charge in [0.05, 0.1) is 22.9 Å². The van der Waals surface area contributed by atoms with Gasteiger partial charge in [0.25, 0.3) is 3.91 Å². The van der Waals surface area contributed by atoms with E-state index in [0.717, 1.165) is 0 Å². The van der Waals surface area contributed by atoms with E-state index in [-0.39, 0.29) is 8.09 Å². The molecule has 1 unspecified atom stereocenters. The number of carbonyl (C=O) groups excluding carboxylic acids is 1. The Kier molecular flexibility index (Phi) is 5.34. The molecule has 6 heteroatoms. The second kappa shape index (κ2) is 4.44. The normalized spacial score (nSPS) is 13.0. The summed E-state index contributed by atoms with van der Waals surface area (Å²) in [6.07, 6.45) is 0. The molecule has 0 aliphatic rings. The van der Waals surface area contributed by atoms with Gasteiger partial charge in [0.1, 0.15) is 4.17 Å². The number of hydrogen-bond acceptors (Lipinski definition) is 2. The van der Waals surface area contributed by atoms with Crippen molar-refractivity contribution in [1.82, 2.24) is 3.11 Å². The summed E-state index contributed by atoms with van der Waals surface area (Å²) in [7, 11) is 0. The smallest absolute Gasteiger partial charge is 0.293 e. The Bertz CT molecular complexity index is 95.3. The molecule has 0 bridgehead atoms. The van der Waals surface area contributed by atoms with Gasteiger partial charge in [-0.05, 0) is 22.6 Å². The Morgan fingerprint density at radius 3 is 2.12 bits per heavy atom. The van der Waals surface area contributed by atoms with E-state index >= 15 is 0 Å². The first-order valence-corrected chi connectivity index (χ1v) is 4.88. The Morgan fingerprint density at radius 2 is 2.12 bits per heavy atom. The van der Waals surface area contributed by atoms with Crippen LogP contribution < -0.4 is 5.73 Å². The molecule has 1 amide bonds. The minimum Gasteiger partial charge on any atom is -0.302 e. The lowest BCUT2D eigenvalue weighted by Crippen LogP contribution is -2.29. The third-order valence-corrected chi connectivity index (χ3v) is 4.49. The second-order valence-corrected chi connectivity index (χ2v) is 4.18. The maximum atomic E-state index is 10.4. The van der Waals surface area contributed by atoms with Gasteiger partial charge >= 0.3 is 0 Å². The van der Waals surface area contributed by atoms with Crippen LogP contribution in [-0.2, 0) is 0 Å². The lowest BCUT2D eigenvalue weighted by atomic mass is 11.1. The van der Waals surface area contributed by atoms with Crippen LogP contribution in [-0.4, -0.2) is 11.2 Å². The van der Waals surface area contributed by atoms with Crippen molar-refractivity contribution in [3.05, 3.63) is 0 Å². The number of nitrogens with zero attached hydrogens (tertiary/aromatic N) is 1. The predicted molar refractivity (Wildman–Crippen MR) is 57.3 cm³/mol. The van der Waals surface area contributed by atoms with Gasteiger partial charge in [0.2, 0.25) is 0 Å². The molecule has 0 fully saturated rings. The maximum absolute atomic E-state index is 10.4. The number of rotatable bonds is 1. The number of halogens is 3. The molecule has 0 aliphatic carbocycles. The van der Waals surface area contributed by atoms with E-state index in [0.29, 0.717) is 0 Å². The molecule has 0 aromatic carbocycles. The third-order valence-electron chi connectivity index (χ3n) is 0.385. The van der Waals surface area contributed by atoms with Crippen molar-refractivity contribution in [3.63, 3.8) is 0 Å². The van der Waals surface area contributed by atoms with Crippen molar-refractivity contribution < 1.29 is 4.79 Å². The summed E-state index contributed by atoms with van der Waals surface area (Å²) in [4.78, 5) is 10.4. The van der Waals surface area contributed by atoms with Crippen molar-refractivity contribution in [2.24, 2.45) is 5.73 Å². The third kappa shape index (κ3) is 3.61. The quantitative estimate of drug-likeness (QED) is 0.165. The van der Waals surface area contributed by atoms with Crippen molar-refractivity contribution in [3.8, 4) is 0 Å². The molecule has 0 heterocycles. The molecule has 0 saturated heterocycles. The van der Waals surface area contributed by atoms with Crippen molar-refractivity contribution >= 4 is 72.0 Å². The minimum atomic E-state index is -0.224. The van der Waals surface area contributed by atoms with Gasteiger partial charge in [-0.3, -0.25) is 7.91 Å². The van der Waals surface area contributed by atoms with Crippen LogP contribution in [0.15, 0.2) is 0 Å². The standard InChI is InChI=1S/C2H3I3N2O/c3-1(6)7(5)2(4)8/h1H,6H2. The van der Waals surface area contributed by atoms with Gasteiger partial charge in [0, 0.05) is 22.6 Å².